The van der Waals surface area contributed by atoms with Crippen LogP contribution in [0.1, 0.15) is 57.4 Å². The molecular formula is C27H34Cl3N3O4S. The molecular weight excluding hydrogens is 569 g/mol. The number of hydrogen-bond donors (Lipinski definition) is 1. The fourth-order valence-corrected chi connectivity index (χ4v) is 6.22. The molecule has 1 aliphatic rings. The van der Waals surface area contributed by atoms with Gasteiger partial charge in [0, 0.05) is 30.6 Å². The lowest BCUT2D eigenvalue weighted by Crippen LogP contribution is -2.51. The average Bonchev–Trinajstić information content (AvgIpc) is 3.36. The number of nitrogens with zero attached hydrogens (tertiary/aromatic N) is 2. The van der Waals surface area contributed by atoms with E-state index in [0.717, 1.165) is 37.5 Å². The van der Waals surface area contributed by atoms with Gasteiger partial charge in [0.2, 0.25) is 21.8 Å². The van der Waals surface area contributed by atoms with Crippen LogP contribution in [0.4, 0.5) is 5.69 Å². The normalized spacial score (nSPS) is 14.8. The van der Waals surface area contributed by atoms with Crippen molar-refractivity contribution < 1.29 is 18.0 Å². The zero-order valence-electron chi connectivity index (χ0n) is 21.6. The van der Waals surface area contributed by atoms with Crippen LogP contribution >= 0.6 is 34.8 Å². The average molecular weight is 603 g/mol. The molecule has 38 heavy (non-hydrogen) atoms. The highest BCUT2D eigenvalue weighted by Crippen LogP contribution is 2.26. The summed E-state index contributed by atoms with van der Waals surface area (Å²) in [7, 11) is -3.60. The first-order valence-corrected chi connectivity index (χ1v) is 15.7. The van der Waals surface area contributed by atoms with Crippen LogP contribution in [0.15, 0.2) is 42.5 Å². The second kappa shape index (κ2) is 13.9. The van der Waals surface area contributed by atoms with Gasteiger partial charge in [-0.25, -0.2) is 8.42 Å². The number of carbonyl (C=O) groups is 2. The first-order chi connectivity index (χ1) is 18.0. The summed E-state index contributed by atoms with van der Waals surface area (Å²) >= 11 is 18.3. The third kappa shape index (κ3) is 8.50. The Bertz CT molecular complexity index is 1240. The molecule has 0 unspecified atom stereocenters. The third-order valence-electron chi connectivity index (χ3n) is 6.67. The van der Waals surface area contributed by atoms with Crippen LogP contribution in [0.3, 0.4) is 0 Å². The highest BCUT2D eigenvalue weighted by atomic mass is 35.5. The Labute approximate surface area is 240 Å². The van der Waals surface area contributed by atoms with Gasteiger partial charge in [-0.05, 0) is 61.6 Å². The summed E-state index contributed by atoms with van der Waals surface area (Å²) in [6, 6.07) is 11.2. The van der Waals surface area contributed by atoms with Crippen molar-refractivity contribution in [3.8, 4) is 0 Å². The number of carbonyl (C=O) groups excluding carboxylic acids is 2. The van der Waals surface area contributed by atoms with Crippen molar-refractivity contribution in [2.24, 2.45) is 0 Å². The summed E-state index contributed by atoms with van der Waals surface area (Å²) in [5.74, 6) is -0.423. The van der Waals surface area contributed by atoms with Crippen molar-refractivity contribution in [1.82, 2.24) is 10.2 Å². The predicted molar refractivity (Wildman–Crippen MR) is 154 cm³/mol. The summed E-state index contributed by atoms with van der Waals surface area (Å²) in [6.45, 7) is 2.14. The molecule has 0 aromatic heterocycles. The van der Waals surface area contributed by atoms with E-state index in [4.69, 9.17) is 34.8 Å². The summed E-state index contributed by atoms with van der Waals surface area (Å²) in [5, 5.41) is 4.30. The monoisotopic (exact) mass is 601 g/mol. The Morgan fingerprint density at radius 1 is 1.05 bits per heavy atom. The highest BCUT2D eigenvalue weighted by Gasteiger charge is 2.31. The van der Waals surface area contributed by atoms with Crippen molar-refractivity contribution in [2.75, 3.05) is 17.1 Å². The number of hydrogen-bond acceptors (Lipinski definition) is 4. The van der Waals surface area contributed by atoms with Gasteiger partial charge in [-0.2, -0.15) is 0 Å². The molecule has 208 valence electrons. The van der Waals surface area contributed by atoms with Gasteiger partial charge in [0.05, 0.1) is 22.0 Å². The third-order valence-corrected chi connectivity index (χ3v) is 8.84. The lowest BCUT2D eigenvalue weighted by Gasteiger charge is -2.32. The standard InChI is InChI=1S/C27H34Cl3N3O4S/c1-3-25(27(35)31-21-9-4-5-10-21)32(18-19-13-14-23(29)24(30)16-19)26(34)12-7-15-33(38(2,36)37)22-11-6-8-20(28)17-22/h6,8,11,13-14,16-17,21,25H,3-5,7,9-10,12,15,18H2,1-2H3,(H,31,35)/t25-/m1/s1. The van der Waals surface area contributed by atoms with E-state index in [-0.39, 0.29) is 43.8 Å². The van der Waals surface area contributed by atoms with Gasteiger partial charge in [-0.15, -0.1) is 0 Å². The van der Waals surface area contributed by atoms with Crippen molar-refractivity contribution in [3.63, 3.8) is 0 Å². The van der Waals surface area contributed by atoms with Gasteiger partial charge in [0.1, 0.15) is 6.04 Å². The maximum Gasteiger partial charge on any atom is 0.243 e. The fraction of sp³-hybridized carbons (Fsp3) is 0.481. The summed E-state index contributed by atoms with van der Waals surface area (Å²) in [6.07, 6.45) is 5.91. The maximum absolute atomic E-state index is 13.6. The van der Waals surface area contributed by atoms with Gasteiger partial charge in [0.25, 0.3) is 0 Å². The number of amides is 2. The second-order valence-electron chi connectivity index (χ2n) is 9.60. The molecule has 0 spiro atoms. The summed E-state index contributed by atoms with van der Waals surface area (Å²) < 4.78 is 26.2. The maximum atomic E-state index is 13.6. The minimum atomic E-state index is -3.60. The molecule has 0 radical (unpaired) electrons. The van der Waals surface area contributed by atoms with Crippen molar-refractivity contribution in [3.05, 3.63) is 63.1 Å². The van der Waals surface area contributed by atoms with Crippen LogP contribution < -0.4 is 9.62 Å². The molecule has 2 aromatic carbocycles. The molecule has 0 aliphatic heterocycles. The fourth-order valence-electron chi connectivity index (χ4n) is 4.76. The van der Waals surface area contributed by atoms with E-state index in [0.29, 0.717) is 27.2 Å². The number of nitrogens with one attached hydrogen (secondary N) is 1. The van der Waals surface area contributed by atoms with Gasteiger partial charge in [-0.1, -0.05) is 66.7 Å². The van der Waals surface area contributed by atoms with E-state index in [1.54, 1.807) is 47.4 Å². The van der Waals surface area contributed by atoms with Gasteiger partial charge in [0.15, 0.2) is 0 Å². The van der Waals surface area contributed by atoms with Crippen LogP contribution in [0.5, 0.6) is 0 Å². The predicted octanol–water partition coefficient (Wildman–Crippen LogP) is 6.06. The lowest BCUT2D eigenvalue weighted by atomic mass is 10.1. The summed E-state index contributed by atoms with van der Waals surface area (Å²) in [5.41, 5.74) is 1.18. The second-order valence-corrected chi connectivity index (χ2v) is 12.8. The number of benzene rings is 2. The molecule has 2 aromatic rings. The van der Waals surface area contributed by atoms with Crippen LogP contribution in [0.2, 0.25) is 15.1 Å². The number of anilines is 1. The van der Waals surface area contributed by atoms with Crippen molar-refractivity contribution in [1.29, 1.82) is 0 Å². The molecule has 1 saturated carbocycles. The van der Waals surface area contributed by atoms with E-state index in [1.807, 2.05) is 6.92 Å². The van der Waals surface area contributed by atoms with Gasteiger partial charge >= 0.3 is 0 Å². The number of halogens is 3. The molecule has 1 atom stereocenters. The highest BCUT2D eigenvalue weighted by molar-refractivity contribution is 7.92. The molecule has 2 amide bonds. The minimum Gasteiger partial charge on any atom is -0.352 e. The molecule has 0 bridgehead atoms. The first kappa shape index (κ1) is 30.5. The van der Waals surface area contributed by atoms with Crippen LogP contribution in [0.25, 0.3) is 0 Å². The van der Waals surface area contributed by atoms with E-state index >= 15 is 0 Å². The number of sulfonamides is 1. The summed E-state index contributed by atoms with van der Waals surface area (Å²) in [4.78, 5) is 28.4. The molecule has 7 nitrogen and oxygen atoms in total. The molecule has 0 saturated heterocycles. The van der Waals surface area contributed by atoms with Gasteiger partial charge in [-0.3, -0.25) is 13.9 Å². The number of rotatable bonds is 12. The van der Waals surface area contributed by atoms with Crippen molar-refractivity contribution in [2.45, 2.75) is 70.5 Å². The topological polar surface area (TPSA) is 86.8 Å². The molecule has 1 fully saturated rings. The SMILES string of the molecule is CC[C@H](C(=O)NC1CCCC1)N(Cc1ccc(Cl)c(Cl)c1)C(=O)CCCN(c1cccc(Cl)c1)S(C)(=O)=O. The van der Waals surface area contributed by atoms with Crippen molar-refractivity contribution >= 4 is 62.3 Å². The Morgan fingerprint density at radius 3 is 2.37 bits per heavy atom. The zero-order chi connectivity index (χ0) is 27.9. The minimum absolute atomic E-state index is 0.0567. The van der Waals surface area contributed by atoms with Crippen LogP contribution in [0, 0.1) is 0 Å². The quantitative estimate of drug-likeness (QED) is 0.320. The van der Waals surface area contributed by atoms with Gasteiger partial charge < -0.3 is 10.2 Å². The zero-order valence-corrected chi connectivity index (χ0v) is 24.7. The van der Waals surface area contributed by atoms with E-state index < -0.39 is 16.1 Å². The smallest absolute Gasteiger partial charge is 0.243 e. The van der Waals surface area contributed by atoms with Crippen LogP contribution in [-0.4, -0.2) is 50.0 Å². The largest absolute Gasteiger partial charge is 0.352 e. The Kier molecular flexibility index (Phi) is 11.2. The van der Waals surface area contributed by atoms with E-state index in [2.05, 4.69) is 5.32 Å². The lowest BCUT2D eigenvalue weighted by molar-refractivity contribution is -0.141. The molecule has 0 heterocycles. The van der Waals surface area contributed by atoms with E-state index in [1.165, 1.54) is 4.31 Å². The molecule has 3 rings (SSSR count). The first-order valence-electron chi connectivity index (χ1n) is 12.8. The molecule has 11 heteroatoms. The van der Waals surface area contributed by atoms with E-state index in [9.17, 15) is 18.0 Å². The molecule has 1 aliphatic carbocycles. The Hall–Kier alpha value is -2.00. The molecule has 1 N–H and O–H groups in total. The Balaban J connectivity index is 1.78. The van der Waals surface area contributed by atoms with Crippen LogP contribution in [-0.2, 0) is 26.2 Å². The Morgan fingerprint density at radius 2 is 1.76 bits per heavy atom.